The van der Waals surface area contributed by atoms with Crippen molar-refractivity contribution in [2.75, 3.05) is 14.2 Å². The zero-order valence-electron chi connectivity index (χ0n) is 9.64. The number of fused-ring (bicyclic) bond motifs is 2. The molecule has 16 heavy (non-hydrogen) atoms. The minimum absolute atomic E-state index is 0.0290. The number of hydrogen-bond donors (Lipinski definition) is 0. The second-order valence-corrected chi connectivity index (χ2v) is 4.38. The van der Waals surface area contributed by atoms with Crippen LogP contribution < -0.4 is 0 Å². The number of carbonyl (C=O) groups excluding carboxylic acids is 2. The lowest BCUT2D eigenvalue weighted by Gasteiger charge is -2.37. The molecule has 2 saturated heterocycles. The van der Waals surface area contributed by atoms with Crippen molar-refractivity contribution in [2.45, 2.75) is 37.8 Å². The first-order chi connectivity index (χ1) is 7.69. The van der Waals surface area contributed by atoms with Gasteiger partial charge in [-0.15, -0.1) is 0 Å². The Balaban J connectivity index is 2.16. The van der Waals surface area contributed by atoms with Gasteiger partial charge in [0, 0.05) is 12.1 Å². The normalized spacial score (nSPS) is 32.4. The highest BCUT2D eigenvalue weighted by Crippen LogP contribution is 2.39. The number of piperidine rings is 1. The number of methoxy groups -OCH3 is 2. The standard InChI is InChI=1S/C11H17NO4/c1-15-10(13)8-5-3-7-4-6-9(8)12(7)11(14)16-2/h7-9H,3-6H2,1-2H3/t7?,8-,9?/m1/s1. The Labute approximate surface area is 94.7 Å². The van der Waals surface area contributed by atoms with Gasteiger partial charge in [-0.3, -0.25) is 4.79 Å². The van der Waals surface area contributed by atoms with Crippen LogP contribution in [0.2, 0.25) is 0 Å². The summed E-state index contributed by atoms with van der Waals surface area (Å²) in [5, 5.41) is 0. The average molecular weight is 227 g/mol. The Bertz CT molecular complexity index is 304. The lowest BCUT2D eigenvalue weighted by atomic mass is 9.90. The van der Waals surface area contributed by atoms with Crippen LogP contribution in [-0.2, 0) is 14.3 Å². The van der Waals surface area contributed by atoms with Crippen LogP contribution in [0.1, 0.15) is 25.7 Å². The van der Waals surface area contributed by atoms with Crippen molar-refractivity contribution < 1.29 is 19.1 Å². The van der Waals surface area contributed by atoms with E-state index in [-0.39, 0.29) is 30.1 Å². The van der Waals surface area contributed by atoms with Gasteiger partial charge in [0.1, 0.15) is 0 Å². The monoisotopic (exact) mass is 227 g/mol. The van der Waals surface area contributed by atoms with Crippen LogP contribution in [0.25, 0.3) is 0 Å². The van der Waals surface area contributed by atoms with Crippen molar-refractivity contribution >= 4 is 12.1 Å². The lowest BCUT2D eigenvalue weighted by molar-refractivity contribution is -0.148. The molecule has 0 aromatic rings. The second kappa shape index (κ2) is 4.31. The fourth-order valence-electron chi connectivity index (χ4n) is 2.97. The van der Waals surface area contributed by atoms with Crippen molar-refractivity contribution in [3.63, 3.8) is 0 Å². The molecule has 2 aliphatic heterocycles. The summed E-state index contributed by atoms with van der Waals surface area (Å²) in [7, 11) is 2.77. The highest BCUT2D eigenvalue weighted by molar-refractivity contribution is 5.76. The fraction of sp³-hybridized carbons (Fsp3) is 0.818. The number of ether oxygens (including phenoxy) is 2. The molecule has 0 saturated carbocycles. The molecule has 2 aliphatic rings. The second-order valence-electron chi connectivity index (χ2n) is 4.38. The van der Waals surface area contributed by atoms with Gasteiger partial charge in [0.05, 0.1) is 20.1 Å². The van der Waals surface area contributed by atoms with Gasteiger partial charge in [-0.25, -0.2) is 4.79 Å². The first-order valence-electron chi connectivity index (χ1n) is 5.63. The van der Waals surface area contributed by atoms with E-state index in [0.717, 1.165) is 25.7 Å². The van der Waals surface area contributed by atoms with Crippen molar-refractivity contribution in [1.29, 1.82) is 0 Å². The molecule has 2 bridgehead atoms. The summed E-state index contributed by atoms with van der Waals surface area (Å²) in [6, 6.07) is 0.219. The number of amides is 1. The van der Waals surface area contributed by atoms with Crippen molar-refractivity contribution in [3.8, 4) is 0 Å². The Kier molecular flexibility index (Phi) is 3.03. The summed E-state index contributed by atoms with van der Waals surface area (Å²) < 4.78 is 9.55. The van der Waals surface area contributed by atoms with E-state index in [4.69, 9.17) is 9.47 Å². The van der Waals surface area contributed by atoms with Crippen molar-refractivity contribution in [1.82, 2.24) is 4.90 Å². The third-order valence-corrected chi connectivity index (χ3v) is 3.71. The minimum atomic E-state index is -0.318. The van der Waals surface area contributed by atoms with Crippen LogP contribution in [0, 0.1) is 5.92 Å². The Hall–Kier alpha value is -1.26. The molecule has 0 aromatic heterocycles. The number of carbonyl (C=O) groups is 2. The van der Waals surface area contributed by atoms with Crippen LogP contribution in [-0.4, -0.2) is 43.3 Å². The van der Waals surface area contributed by atoms with E-state index in [1.807, 2.05) is 0 Å². The Morgan fingerprint density at radius 3 is 2.38 bits per heavy atom. The first-order valence-corrected chi connectivity index (χ1v) is 5.63. The molecule has 90 valence electrons. The van der Waals surface area contributed by atoms with E-state index in [1.165, 1.54) is 14.2 Å². The molecule has 1 amide bonds. The molecule has 0 aliphatic carbocycles. The number of hydrogen-bond acceptors (Lipinski definition) is 4. The van der Waals surface area contributed by atoms with E-state index < -0.39 is 0 Å². The number of rotatable bonds is 1. The predicted octanol–water partition coefficient (Wildman–Crippen LogP) is 1.17. The van der Waals surface area contributed by atoms with Gasteiger partial charge in [-0.05, 0) is 25.7 Å². The topological polar surface area (TPSA) is 55.8 Å². The van der Waals surface area contributed by atoms with Crippen LogP contribution in [0.15, 0.2) is 0 Å². The maximum Gasteiger partial charge on any atom is 0.410 e. The zero-order chi connectivity index (χ0) is 11.7. The van der Waals surface area contributed by atoms with E-state index in [0.29, 0.717) is 0 Å². The van der Waals surface area contributed by atoms with Gasteiger partial charge in [0.2, 0.25) is 0 Å². The third kappa shape index (κ3) is 1.64. The summed E-state index contributed by atoms with van der Waals surface area (Å²) in [6.45, 7) is 0. The van der Waals surface area contributed by atoms with Gasteiger partial charge in [-0.2, -0.15) is 0 Å². The summed E-state index contributed by atoms with van der Waals surface area (Å²) >= 11 is 0. The highest BCUT2D eigenvalue weighted by Gasteiger charge is 2.48. The molecule has 0 radical (unpaired) electrons. The maximum absolute atomic E-state index is 11.6. The van der Waals surface area contributed by atoms with E-state index in [2.05, 4.69) is 0 Å². The van der Waals surface area contributed by atoms with E-state index in [1.54, 1.807) is 4.90 Å². The summed E-state index contributed by atoms with van der Waals surface area (Å²) in [5.74, 6) is -0.387. The minimum Gasteiger partial charge on any atom is -0.469 e. The number of esters is 1. The van der Waals surface area contributed by atoms with Gasteiger partial charge in [0.25, 0.3) is 0 Å². The SMILES string of the molecule is COC(=O)[C@@H]1CCC2CCC1N2C(=O)OC. The molecule has 2 unspecified atom stereocenters. The maximum atomic E-state index is 11.6. The van der Waals surface area contributed by atoms with E-state index in [9.17, 15) is 9.59 Å². The van der Waals surface area contributed by atoms with Gasteiger partial charge in [-0.1, -0.05) is 0 Å². The fourth-order valence-corrected chi connectivity index (χ4v) is 2.97. The smallest absolute Gasteiger partial charge is 0.410 e. The summed E-state index contributed by atoms with van der Waals surface area (Å²) in [6.07, 6.45) is 3.20. The Morgan fingerprint density at radius 1 is 1.06 bits per heavy atom. The molecule has 5 nitrogen and oxygen atoms in total. The largest absolute Gasteiger partial charge is 0.469 e. The Morgan fingerprint density at radius 2 is 1.75 bits per heavy atom. The molecule has 0 N–H and O–H groups in total. The first kappa shape index (κ1) is 11.2. The molecule has 0 spiro atoms. The van der Waals surface area contributed by atoms with Crippen molar-refractivity contribution in [2.24, 2.45) is 5.92 Å². The molecule has 2 heterocycles. The molecular weight excluding hydrogens is 210 g/mol. The molecule has 0 aromatic carbocycles. The van der Waals surface area contributed by atoms with Crippen molar-refractivity contribution in [3.05, 3.63) is 0 Å². The van der Waals surface area contributed by atoms with Crippen LogP contribution in [0.3, 0.4) is 0 Å². The zero-order valence-corrected chi connectivity index (χ0v) is 9.64. The lowest BCUT2D eigenvalue weighted by Crippen LogP contribution is -2.50. The molecular formula is C11H17NO4. The summed E-state index contributed by atoms with van der Waals surface area (Å²) in [5.41, 5.74) is 0. The predicted molar refractivity (Wildman–Crippen MR) is 55.8 cm³/mol. The molecule has 2 rings (SSSR count). The van der Waals surface area contributed by atoms with Crippen LogP contribution in [0.4, 0.5) is 4.79 Å². The quantitative estimate of drug-likeness (QED) is 0.631. The third-order valence-electron chi connectivity index (χ3n) is 3.71. The highest BCUT2D eigenvalue weighted by atomic mass is 16.5. The average Bonchev–Trinajstić information content (AvgIpc) is 2.61. The molecule has 3 atom stereocenters. The van der Waals surface area contributed by atoms with Crippen LogP contribution >= 0.6 is 0 Å². The van der Waals surface area contributed by atoms with Gasteiger partial charge >= 0.3 is 12.1 Å². The van der Waals surface area contributed by atoms with Crippen LogP contribution in [0.5, 0.6) is 0 Å². The molecule has 2 fully saturated rings. The van der Waals surface area contributed by atoms with Gasteiger partial charge < -0.3 is 14.4 Å². The number of nitrogens with zero attached hydrogens (tertiary/aromatic N) is 1. The molecule has 5 heteroatoms. The summed E-state index contributed by atoms with van der Waals surface area (Å²) in [4.78, 5) is 25.0. The van der Waals surface area contributed by atoms with Gasteiger partial charge in [0.15, 0.2) is 0 Å². The van der Waals surface area contributed by atoms with E-state index >= 15 is 0 Å².